The van der Waals surface area contributed by atoms with E-state index in [4.69, 9.17) is 4.74 Å². The number of halogens is 1. The lowest BCUT2D eigenvalue weighted by atomic mass is 10.0. The minimum absolute atomic E-state index is 0.0504. The maximum atomic E-state index is 14.1. The molecule has 2 heterocycles. The first kappa shape index (κ1) is 13.4. The number of nitrogens with one attached hydrogen (secondary N) is 1. The molecule has 0 aliphatic carbocycles. The van der Waals surface area contributed by atoms with Gasteiger partial charge in [-0.2, -0.15) is 0 Å². The molecule has 3 unspecified atom stereocenters. The molecule has 1 amide bonds. The Balaban J connectivity index is 1.96. The maximum absolute atomic E-state index is 14.1. The number of likely N-dealkylation sites (tertiary alicyclic amines) is 1. The van der Waals surface area contributed by atoms with Crippen LogP contribution in [0.3, 0.4) is 0 Å². The SMILES string of the molecule is COc1cccc(F)c1C(=O)N1C(C)CC2CNCC21. The normalized spacial score (nSPS) is 28.6. The summed E-state index contributed by atoms with van der Waals surface area (Å²) in [5.74, 6) is 0.00271. The predicted octanol–water partition coefficient (Wildman–Crippen LogP) is 1.66. The zero-order chi connectivity index (χ0) is 14.3. The van der Waals surface area contributed by atoms with Crippen LogP contribution in [-0.4, -0.2) is 43.1 Å². The van der Waals surface area contributed by atoms with E-state index >= 15 is 0 Å². The van der Waals surface area contributed by atoms with E-state index in [1.807, 2.05) is 11.8 Å². The predicted molar refractivity (Wildman–Crippen MR) is 73.3 cm³/mol. The second-order valence-electron chi connectivity index (χ2n) is 5.60. The van der Waals surface area contributed by atoms with Crippen molar-refractivity contribution < 1.29 is 13.9 Å². The summed E-state index contributed by atoms with van der Waals surface area (Å²) in [6, 6.07) is 4.80. The van der Waals surface area contributed by atoms with E-state index in [2.05, 4.69) is 5.32 Å². The number of nitrogens with zero attached hydrogens (tertiary/aromatic N) is 1. The van der Waals surface area contributed by atoms with Crippen LogP contribution in [0.25, 0.3) is 0 Å². The Kier molecular flexibility index (Phi) is 3.38. The fourth-order valence-corrected chi connectivity index (χ4v) is 3.53. The summed E-state index contributed by atoms with van der Waals surface area (Å²) < 4.78 is 19.2. The summed E-state index contributed by atoms with van der Waals surface area (Å²) >= 11 is 0. The summed E-state index contributed by atoms with van der Waals surface area (Å²) in [7, 11) is 1.46. The lowest BCUT2D eigenvalue weighted by Gasteiger charge is -2.28. The Hall–Kier alpha value is -1.62. The van der Waals surface area contributed by atoms with Gasteiger partial charge in [-0.25, -0.2) is 4.39 Å². The molecule has 1 N–H and O–H groups in total. The quantitative estimate of drug-likeness (QED) is 0.894. The van der Waals surface area contributed by atoms with Gasteiger partial charge in [-0.1, -0.05) is 6.07 Å². The number of amides is 1. The molecule has 0 aromatic heterocycles. The molecule has 1 aromatic rings. The van der Waals surface area contributed by atoms with Gasteiger partial charge in [-0.05, 0) is 31.4 Å². The van der Waals surface area contributed by atoms with E-state index in [-0.39, 0.29) is 23.6 Å². The lowest BCUT2D eigenvalue weighted by Crippen LogP contribution is -2.43. The van der Waals surface area contributed by atoms with Gasteiger partial charge in [-0.3, -0.25) is 4.79 Å². The number of hydrogen-bond donors (Lipinski definition) is 1. The molecular formula is C15H19FN2O2. The summed E-state index contributed by atoms with van der Waals surface area (Å²) in [6.07, 6.45) is 0.972. The van der Waals surface area contributed by atoms with Crippen molar-refractivity contribution >= 4 is 5.91 Å². The van der Waals surface area contributed by atoms with Gasteiger partial charge in [0, 0.05) is 25.2 Å². The van der Waals surface area contributed by atoms with Crippen LogP contribution in [-0.2, 0) is 0 Å². The molecule has 0 bridgehead atoms. The number of ether oxygens (including phenoxy) is 1. The van der Waals surface area contributed by atoms with E-state index in [9.17, 15) is 9.18 Å². The van der Waals surface area contributed by atoms with Crippen molar-refractivity contribution in [3.63, 3.8) is 0 Å². The van der Waals surface area contributed by atoms with Gasteiger partial charge in [-0.15, -0.1) is 0 Å². The minimum Gasteiger partial charge on any atom is -0.496 e. The highest BCUT2D eigenvalue weighted by molar-refractivity contribution is 5.97. The molecule has 108 valence electrons. The van der Waals surface area contributed by atoms with Gasteiger partial charge in [0.25, 0.3) is 5.91 Å². The maximum Gasteiger partial charge on any atom is 0.261 e. The Morgan fingerprint density at radius 1 is 1.45 bits per heavy atom. The monoisotopic (exact) mass is 278 g/mol. The zero-order valence-electron chi connectivity index (χ0n) is 11.7. The van der Waals surface area contributed by atoms with Crippen LogP contribution in [0.5, 0.6) is 5.75 Å². The Bertz CT molecular complexity index is 535. The number of benzene rings is 1. The molecule has 3 atom stereocenters. The first-order valence-electron chi connectivity index (χ1n) is 6.99. The number of carbonyl (C=O) groups is 1. The molecule has 20 heavy (non-hydrogen) atoms. The first-order valence-corrected chi connectivity index (χ1v) is 6.99. The highest BCUT2D eigenvalue weighted by Crippen LogP contribution is 2.35. The van der Waals surface area contributed by atoms with Crippen molar-refractivity contribution in [3.05, 3.63) is 29.6 Å². The number of rotatable bonds is 2. The van der Waals surface area contributed by atoms with Gasteiger partial charge in [0.2, 0.25) is 0 Å². The number of methoxy groups -OCH3 is 1. The molecule has 1 aromatic carbocycles. The smallest absolute Gasteiger partial charge is 0.261 e. The van der Waals surface area contributed by atoms with E-state index in [0.717, 1.165) is 19.5 Å². The van der Waals surface area contributed by atoms with Crippen LogP contribution in [0, 0.1) is 11.7 Å². The van der Waals surface area contributed by atoms with Gasteiger partial charge in [0.15, 0.2) is 0 Å². The standard InChI is InChI=1S/C15H19FN2O2/c1-9-6-10-7-17-8-12(10)18(9)15(19)14-11(16)4-3-5-13(14)20-2/h3-5,9-10,12,17H,6-8H2,1-2H3. The Morgan fingerprint density at radius 2 is 2.25 bits per heavy atom. The molecule has 0 saturated carbocycles. The van der Waals surface area contributed by atoms with Gasteiger partial charge in [0.05, 0.1) is 7.11 Å². The highest BCUT2D eigenvalue weighted by atomic mass is 19.1. The van der Waals surface area contributed by atoms with E-state index in [0.29, 0.717) is 11.7 Å². The zero-order valence-corrected chi connectivity index (χ0v) is 11.7. The van der Waals surface area contributed by atoms with Crippen molar-refractivity contribution in [2.75, 3.05) is 20.2 Å². The fourth-order valence-electron chi connectivity index (χ4n) is 3.53. The third-order valence-electron chi connectivity index (χ3n) is 4.42. The van der Waals surface area contributed by atoms with Crippen molar-refractivity contribution in [2.24, 2.45) is 5.92 Å². The molecule has 2 aliphatic rings. The number of hydrogen-bond acceptors (Lipinski definition) is 3. The number of carbonyl (C=O) groups excluding carboxylic acids is 1. The van der Waals surface area contributed by atoms with Crippen LogP contribution in [0.15, 0.2) is 18.2 Å². The summed E-state index contributed by atoms with van der Waals surface area (Å²) in [6.45, 7) is 3.76. The minimum atomic E-state index is -0.518. The molecule has 0 spiro atoms. The van der Waals surface area contributed by atoms with E-state index in [1.165, 1.54) is 13.2 Å². The molecule has 3 rings (SSSR count). The largest absolute Gasteiger partial charge is 0.496 e. The molecule has 5 heteroatoms. The average molecular weight is 278 g/mol. The number of fused-ring (bicyclic) bond motifs is 1. The van der Waals surface area contributed by atoms with Gasteiger partial charge < -0.3 is 15.0 Å². The van der Waals surface area contributed by atoms with Crippen LogP contribution in [0.4, 0.5) is 4.39 Å². The van der Waals surface area contributed by atoms with Crippen LogP contribution in [0.2, 0.25) is 0 Å². The molecule has 0 radical (unpaired) electrons. The van der Waals surface area contributed by atoms with Crippen LogP contribution < -0.4 is 10.1 Å². The van der Waals surface area contributed by atoms with Crippen molar-refractivity contribution in [2.45, 2.75) is 25.4 Å². The summed E-state index contributed by atoms with van der Waals surface area (Å²) in [5, 5.41) is 3.31. The summed E-state index contributed by atoms with van der Waals surface area (Å²) in [5.41, 5.74) is 0.0504. The second-order valence-corrected chi connectivity index (χ2v) is 5.60. The van der Waals surface area contributed by atoms with E-state index in [1.54, 1.807) is 12.1 Å². The fraction of sp³-hybridized carbons (Fsp3) is 0.533. The first-order chi connectivity index (χ1) is 9.63. The van der Waals surface area contributed by atoms with Crippen molar-refractivity contribution in [1.29, 1.82) is 0 Å². The Labute approximate surface area is 117 Å². The van der Waals surface area contributed by atoms with Gasteiger partial charge in [0.1, 0.15) is 17.1 Å². The van der Waals surface area contributed by atoms with Crippen LogP contribution >= 0.6 is 0 Å². The van der Waals surface area contributed by atoms with Crippen molar-refractivity contribution in [1.82, 2.24) is 10.2 Å². The van der Waals surface area contributed by atoms with Gasteiger partial charge >= 0.3 is 0 Å². The van der Waals surface area contributed by atoms with Crippen LogP contribution in [0.1, 0.15) is 23.7 Å². The average Bonchev–Trinajstić information content (AvgIpc) is 2.97. The van der Waals surface area contributed by atoms with Crippen molar-refractivity contribution in [3.8, 4) is 5.75 Å². The third kappa shape index (κ3) is 1.97. The summed E-state index contributed by atoms with van der Waals surface area (Å²) in [4.78, 5) is 14.6. The molecule has 2 aliphatic heterocycles. The molecular weight excluding hydrogens is 259 g/mol. The second kappa shape index (κ2) is 5.05. The molecule has 2 saturated heterocycles. The van der Waals surface area contributed by atoms with E-state index < -0.39 is 5.82 Å². The topological polar surface area (TPSA) is 41.6 Å². The highest BCUT2D eigenvalue weighted by Gasteiger charge is 2.45. The lowest BCUT2D eigenvalue weighted by molar-refractivity contribution is 0.0673. The molecule has 4 nitrogen and oxygen atoms in total. The third-order valence-corrected chi connectivity index (χ3v) is 4.42. The Morgan fingerprint density at radius 3 is 3.00 bits per heavy atom. The molecule has 2 fully saturated rings.